The lowest BCUT2D eigenvalue weighted by molar-refractivity contribution is -0.0781. The van der Waals surface area contributed by atoms with Gasteiger partial charge in [0.2, 0.25) is 0 Å². The van der Waals surface area contributed by atoms with E-state index in [1.54, 1.807) is 0 Å². The third-order valence-corrected chi connectivity index (χ3v) is 4.86. The number of nitrogens with one attached hydrogen (secondary N) is 2. The minimum absolute atomic E-state index is 0.0103. The smallest absolute Gasteiger partial charge is 0.407 e. The van der Waals surface area contributed by atoms with Crippen LogP contribution in [0.15, 0.2) is 0 Å². The molecule has 5 heteroatoms. The largest absolute Gasteiger partial charge is 0.444 e. The Labute approximate surface area is 140 Å². The minimum atomic E-state index is -0.449. The molecule has 2 rings (SSSR count). The summed E-state index contributed by atoms with van der Waals surface area (Å²) in [5, 5.41) is 6.71. The predicted octanol–water partition coefficient (Wildman–Crippen LogP) is 3.23. The van der Waals surface area contributed by atoms with Crippen molar-refractivity contribution in [1.82, 2.24) is 10.6 Å². The molecular weight excluding hydrogens is 292 g/mol. The van der Waals surface area contributed by atoms with Gasteiger partial charge in [0.15, 0.2) is 0 Å². The summed E-state index contributed by atoms with van der Waals surface area (Å²) in [6.45, 7) is 11.7. The normalized spacial score (nSPS) is 29.9. The van der Waals surface area contributed by atoms with Crippen molar-refractivity contribution in [2.45, 2.75) is 90.0 Å². The summed E-state index contributed by atoms with van der Waals surface area (Å²) in [5.74, 6) is 0.590. The van der Waals surface area contributed by atoms with Gasteiger partial charge in [-0.05, 0) is 65.7 Å². The molecule has 23 heavy (non-hydrogen) atoms. The average Bonchev–Trinajstić information content (AvgIpc) is 3.26. The number of carbonyl (C=O) groups is 1. The quantitative estimate of drug-likeness (QED) is 0.787. The van der Waals surface area contributed by atoms with Gasteiger partial charge in [-0.3, -0.25) is 0 Å². The van der Waals surface area contributed by atoms with Crippen LogP contribution in [0.1, 0.15) is 66.7 Å². The van der Waals surface area contributed by atoms with Gasteiger partial charge in [-0.2, -0.15) is 0 Å². The van der Waals surface area contributed by atoms with Gasteiger partial charge in [0.1, 0.15) is 5.60 Å². The molecule has 0 aromatic heterocycles. The summed E-state index contributed by atoms with van der Waals surface area (Å²) < 4.78 is 11.3. The highest BCUT2D eigenvalue weighted by atomic mass is 16.6. The van der Waals surface area contributed by atoms with E-state index in [9.17, 15) is 4.79 Å². The Morgan fingerprint density at radius 1 is 1.35 bits per heavy atom. The predicted molar refractivity (Wildman–Crippen MR) is 91.6 cm³/mol. The molecule has 1 saturated carbocycles. The zero-order valence-electron chi connectivity index (χ0n) is 15.4. The van der Waals surface area contributed by atoms with Crippen LogP contribution in [0.4, 0.5) is 4.79 Å². The van der Waals surface area contributed by atoms with Crippen LogP contribution < -0.4 is 10.6 Å². The van der Waals surface area contributed by atoms with Gasteiger partial charge in [0.25, 0.3) is 0 Å². The Morgan fingerprint density at radius 2 is 2.04 bits per heavy atom. The SMILES string of the molecule is CCC1(C)CC(NCC(NC(=O)OC(C)(C)C)C2CC2)CCO1. The van der Waals surface area contributed by atoms with E-state index >= 15 is 0 Å². The average molecular weight is 326 g/mol. The van der Waals surface area contributed by atoms with Crippen molar-refractivity contribution < 1.29 is 14.3 Å². The molecule has 2 aliphatic rings. The molecule has 2 N–H and O–H groups in total. The fraction of sp³-hybridized carbons (Fsp3) is 0.944. The van der Waals surface area contributed by atoms with E-state index in [1.807, 2.05) is 20.8 Å². The molecule has 1 saturated heterocycles. The van der Waals surface area contributed by atoms with E-state index in [0.717, 1.165) is 32.4 Å². The first-order chi connectivity index (χ1) is 10.7. The molecule has 1 amide bonds. The first-order valence-electron chi connectivity index (χ1n) is 9.07. The maximum Gasteiger partial charge on any atom is 0.407 e. The molecule has 2 fully saturated rings. The van der Waals surface area contributed by atoms with Crippen LogP contribution in [-0.4, -0.2) is 42.5 Å². The lowest BCUT2D eigenvalue weighted by atomic mass is 9.90. The summed E-state index contributed by atoms with van der Waals surface area (Å²) in [5.41, 5.74) is -0.459. The second kappa shape index (κ2) is 7.39. The topological polar surface area (TPSA) is 59.6 Å². The molecule has 0 spiro atoms. The molecule has 0 bridgehead atoms. The maximum absolute atomic E-state index is 12.0. The number of rotatable bonds is 6. The van der Waals surface area contributed by atoms with Gasteiger partial charge in [-0.15, -0.1) is 0 Å². The highest BCUT2D eigenvalue weighted by molar-refractivity contribution is 5.68. The Balaban J connectivity index is 1.80. The summed E-state index contributed by atoms with van der Waals surface area (Å²) in [4.78, 5) is 12.0. The minimum Gasteiger partial charge on any atom is -0.444 e. The van der Waals surface area contributed by atoms with Crippen LogP contribution in [0.2, 0.25) is 0 Å². The van der Waals surface area contributed by atoms with Crippen molar-refractivity contribution in [3.63, 3.8) is 0 Å². The van der Waals surface area contributed by atoms with Gasteiger partial charge in [0.05, 0.1) is 5.60 Å². The van der Waals surface area contributed by atoms with E-state index < -0.39 is 5.60 Å². The second-order valence-corrected chi connectivity index (χ2v) is 8.34. The first-order valence-corrected chi connectivity index (χ1v) is 9.07. The van der Waals surface area contributed by atoms with Crippen molar-refractivity contribution in [2.75, 3.05) is 13.2 Å². The van der Waals surface area contributed by atoms with E-state index in [-0.39, 0.29) is 17.7 Å². The molecule has 0 aromatic rings. The Morgan fingerprint density at radius 3 is 2.61 bits per heavy atom. The fourth-order valence-corrected chi connectivity index (χ4v) is 3.14. The van der Waals surface area contributed by atoms with E-state index in [0.29, 0.717) is 12.0 Å². The zero-order valence-corrected chi connectivity index (χ0v) is 15.4. The Kier molecular flexibility index (Phi) is 5.95. The van der Waals surface area contributed by atoms with Gasteiger partial charge in [-0.1, -0.05) is 6.92 Å². The van der Waals surface area contributed by atoms with E-state index in [4.69, 9.17) is 9.47 Å². The van der Waals surface area contributed by atoms with Crippen molar-refractivity contribution >= 4 is 6.09 Å². The van der Waals surface area contributed by atoms with Crippen molar-refractivity contribution in [2.24, 2.45) is 5.92 Å². The summed E-state index contributed by atoms with van der Waals surface area (Å²) in [6.07, 6.45) is 5.20. The standard InChI is InChI=1S/C18H34N2O3/c1-6-18(5)11-14(9-10-22-18)19-12-15(13-7-8-13)20-16(21)23-17(2,3)4/h13-15,19H,6-12H2,1-5H3,(H,20,21). The molecule has 0 radical (unpaired) electrons. The lowest BCUT2D eigenvalue weighted by Crippen LogP contribution is -2.51. The first kappa shape index (κ1) is 18.5. The molecule has 1 heterocycles. The number of ether oxygens (including phenoxy) is 2. The van der Waals surface area contributed by atoms with Gasteiger partial charge >= 0.3 is 6.09 Å². The molecule has 0 aromatic carbocycles. The highest BCUT2D eigenvalue weighted by Gasteiger charge is 2.35. The van der Waals surface area contributed by atoms with Crippen molar-refractivity contribution in [3.8, 4) is 0 Å². The van der Waals surface area contributed by atoms with Crippen LogP contribution in [0.5, 0.6) is 0 Å². The summed E-state index contributed by atoms with van der Waals surface area (Å²) in [7, 11) is 0. The zero-order chi connectivity index (χ0) is 17.1. The molecule has 134 valence electrons. The molecule has 3 atom stereocenters. The molecule has 5 nitrogen and oxygen atoms in total. The Hall–Kier alpha value is -0.810. The van der Waals surface area contributed by atoms with E-state index in [1.165, 1.54) is 12.8 Å². The Bertz CT molecular complexity index is 404. The number of alkyl carbamates (subject to hydrolysis) is 1. The number of hydrogen-bond donors (Lipinski definition) is 2. The number of carbonyl (C=O) groups excluding carboxylic acids is 1. The summed E-state index contributed by atoms with van der Waals surface area (Å²) in [6, 6.07) is 0.635. The molecule has 1 aliphatic heterocycles. The van der Waals surface area contributed by atoms with Gasteiger partial charge < -0.3 is 20.1 Å². The third-order valence-electron chi connectivity index (χ3n) is 4.86. The maximum atomic E-state index is 12.0. The fourth-order valence-electron chi connectivity index (χ4n) is 3.14. The molecular formula is C18H34N2O3. The summed E-state index contributed by atoms with van der Waals surface area (Å²) >= 11 is 0. The van der Waals surface area contributed by atoms with Gasteiger partial charge in [0, 0.05) is 25.2 Å². The number of amides is 1. The lowest BCUT2D eigenvalue weighted by Gasteiger charge is -2.38. The van der Waals surface area contributed by atoms with Crippen molar-refractivity contribution in [3.05, 3.63) is 0 Å². The second-order valence-electron chi connectivity index (χ2n) is 8.34. The van der Waals surface area contributed by atoms with Crippen LogP contribution >= 0.6 is 0 Å². The monoisotopic (exact) mass is 326 g/mol. The van der Waals surface area contributed by atoms with Crippen molar-refractivity contribution in [1.29, 1.82) is 0 Å². The van der Waals surface area contributed by atoms with E-state index in [2.05, 4.69) is 24.5 Å². The highest BCUT2D eigenvalue weighted by Crippen LogP contribution is 2.33. The van der Waals surface area contributed by atoms with Crippen LogP contribution in [0, 0.1) is 5.92 Å². The van der Waals surface area contributed by atoms with Crippen LogP contribution in [-0.2, 0) is 9.47 Å². The van der Waals surface area contributed by atoms with Crippen LogP contribution in [0.3, 0.4) is 0 Å². The number of hydrogen-bond acceptors (Lipinski definition) is 4. The molecule has 3 unspecified atom stereocenters. The van der Waals surface area contributed by atoms with Crippen LogP contribution in [0.25, 0.3) is 0 Å². The third kappa shape index (κ3) is 6.30. The van der Waals surface area contributed by atoms with Gasteiger partial charge in [-0.25, -0.2) is 4.79 Å². The molecule has 1 aliphatic carbocycles.